The maximum atomic E-state index is 15.6. The molecule has 7 atom stereocenters. The number of Topliss-reactive ketones (excluding diaryl/α,β-unsaturated/α-hetero) is 1. The average Bonchev–Trinajstić information content (AvgIpc) is 3.19. The molecule has 0 amide bonds. The van der Waals surface area contributed by atoms with E-state index in [0.717, 1.165) is 25.7 Å². The van der Waals surface area contributed by atoms with Gasteiger partial charge in [0.25, 0.3) is 0 Å². The van der Waals surface area contributed by atoms with Crippen molar-refractivity contribution in [2.45, 2.75) is 70.9 Å². The second-order valence-electron chi connectivity index (χ2n) is 9.80. The van der Waals surface area contributed by atoms with Crippen LogP contribution >= 0.6 is 0 Å². The molecule has 135 valence electrons. The Labute approximate surface area is 185 Å². The number of fused-ring (bicyclic) bond motifs is 2. The number of hydrogen-bond donors (Lipinski definition) is 1. The molecular weight excluding hydrogens is 530 g/mol. The van der Waals surface area contributed by atoms with E-state index in [-0.39, 0.29) is 61.5 Å². The van der Waals surface area contributed by atoms with Gasteiger partial charge in [-0.05, 0) is 67.6 Å². The number of ketones is 1. The Morgan fingerprint density at radius 1 is 1.28 bits per heavy atom. The molecule has 3 saturated carbocycles. The molecule has 0 bridgehead atoms. The predicted molar refractivity (Wildman–Crippen MR) is 90.1 cm³/mol. The first-order valence-electron chi connectivity index (χ1n) is 9.88. The number of allylic oxidation sites excluding steroid dienone is 2. The standard InChI is InChI=1S/C21H29FO2.Ac/c1-12-7-13-8-15(24)3-4-16(13)17-5-6-19(2)20(22,11-23)9-14-10-21(14,19)18(12)17;/h12,14,17-18,23H,3-11H2,1-2H3;/t12-,14+,17-,18-,19-,20-,21-;/m1./s1. The van der Waals surface area contributed by atoms with Gasteiger partial charge >= 0.3 is 0 Å². The molecule has 5 rings (SSSR count). The van der Waals surface area contributed by atoms with Gasteiger partial charge in [0.15, 0.2) is 0 Å². The van der Waals surface area contributed by atoms with E-state index in [0.29, 0.717) is 48.7 Å². The van der Waals surface area contributed by atoms with Crippen LogP contribution in [0.2, 0.25) is 0 Å². The molecule has 25 heavy (non-hydrogen) atoms. The van der Waals surface area contributed by atoms with Crippen LogP contribution in [0.25, 0.3) is 0 Å². The summed E-state index contributed by atoms with van der Waals surface area (Å²) in [7, 11) is 0. The molecule has 1 spiro atoms. The number of aliphatic hydroxyl groups is 1. The topological polar surface area (TPSA) is 37.3 Å². The van der Waals surface area contributed by atoms with E-state index in [2.05, 4.69) is 13.8 Å². The minimum absolute atomic E-state index is 0. The molecule has 0 aliphatic heterocycles. The van der Waals surface area contributed by atoms with Crippen molar-refractivity contribution in [2.75, 3.05) is 6.61 Å². The van der Waals surface area contributed by atoms with Crippen LogP contribution in [-0.2, 0) is 4.79 Å². The van der Waals surface area contributed by atoms with Crippen LogP contribution in [0.5, 0.6) is 0 Å². The number of alkyl halides is 1. The monoisotopic (exact) mass is 559 g/mol. The van der Waals surface area contributed by atoms with Crippen molar-refractivity contribution in [3.63, 3.8) is 0 Å². The van der Waals surface area contributed by atoms with E-state index < -0.39 is 5.67 Å². The van der Waals surface area contributed by atoms with Gasteiger partial charge in [0.1, 0.15) is 11.5 Å². The molecule has 1 N–H and O–H groups in total. The summed E-state index contributed by atoms with van der Waals surface area (Å²) >= 11 is 0. The van der Waals surface area contributed by atoms with E-state index in [1.54, 1.807) is 5.57 Å². The first-order chi connectivity index (χ1) is 11.4. The molecule has 2 nitrogen and oxygen atoms in total. The van der Waals surface area contributed by atoms with Crippen molar-refractivity contribution in [2.24, 2.45) is 34.5 Å². The molecule has 0 unspecified atom stereocenters. The largest absolute Gasteiger partial charge is 0.393 e. The number of carbonyl (C=O) groups excluding carboxylic acids is 1. The maximum absolute atomic E-state index is 15.6. The van der Waals surface area contributed by atoms with Gasteiger partial charge in [0.05, 0.1) is 6.61 Å². The molecule has 3 fully saturated rings. The van der Waals surface area contributed by atoms with Gasteiger partial charge in [-0.25, -0.2) is 4.39 Å². The minimum atomic E-state index is -1.38. The Morgan fingerprint density at radius 3 is 2.76 bits per heavy atom. The molecule has 0 saturated heterocycles. The van der Waals surface area contributed by atoms with Crippen molar-refractivity contribution in [1.29, 1.82) is 0 Å². The smallest absolute Gasteiger partial charge is 0.140 e. The van der Waals surface area contributed by atoms with Gasteiger partial charge in [-0.1, -0.05) is 25.0 Å². The summed E-state index contributed by atoms with van der Waals surface area (Å²) in [6, 6.07) is 0. The number of rotatable bonds is 1. The van der Waals surface area contributed by atoms with Crippen molar-refractivity contribution in [3.05, 3.63) is 11.1 Å². The van der Waals surface area contributed by atoms with Gasteiger partial charge in [-0.15, -0.1) is 0 Å². The summed E-state index contributed by atoms with van der Waals surface area (Å²) in [5, 5.41) is 9.82. The normalized spacial score (nSPS) is 53.4. The summed E-state index contributed by atoms with van der Waals surface area (Å²) < 4.78 is 15.6. The van der Waals surface area contributed by atoms with E-state index in [9.17, 15) is 9.90 Å². The Morgan fingerprint density at radius 2 is 2.04 bits per heavy atom. The fourth-order valence-corrected chi connectivity index (χ4v) is 8.12. The summed E-state index contributed by atoms with van der Waals surface area (Å²) in [5.74, 6) is 2.58. The second-order valence-corrected chi connectivity index (χ2v) is 9.80. The molecule has 0 aromatic carbocycles. The van der Waals surface area contributed by atoms with Gasteiger partial charge in [-0.2, -0.15) is 0 Å². The average molecular weight is 559 g/mol. The quantitative estimate of drug-likeness (QED) is 0.489. The van der Waals surface area contributed by atoms with Crippen LogP contribution < -0.4 is 0 Å². The number of carbonyl (C=O) groups is 1. The van der Waals surface area contributed by atoms with Crippen LogP contribution in [0.15, 0.2) is 11.1 Å². The molecule has 4 heteroatoms. The van der Waals surface area contributed by atoms with Gasteiger partial charge in [0, 0.05) is 62.3 Å². The van der Waals surface area contributed by atoms with Crippen molar-refractivity contribution in [1.82, 2.24) is 0 Å². The Bertz CT molecular complexity index is 660. The van der Waals surface area contributed by atoms with Crippen LogP contribution in [0.4, 0.5) is 4.39 Å². The molecule has 5 aliphatic rings. The van der Waals surface area contributed by atoms with Crippen LogP contribution in [0, 0.1) is 78.6 Å². The Hall–Kier alpha value is 0.742. The molecule has 0 heterocycles. The van der Waals surface area contributed by atoms with E-state index in [1.807, 2.05) is 0 Å². The fraction of sp³-hybridized carbons (Fsp3) is 0.857. The van der Waals surface area contributed by atoms with Crippen LogP contribution in [-0.4, -0.2) is 23.2 Å². The minimum Gasteiger partial charge on any atom is -0.393 e. The second kappa shape index (κ2) is 5.87. The Kier molecular flexibility index (Phi) is 4.48. The molecule has 1 radical (unpaired) electrons. The zero-order valence-corrected chi connectivity index (χ0v) is 20.2. The zero-order valence-electron chi connectivity index (χ0n) is 15.5. The third-order valence-corrected chi connectivity index (χ3v) is 9.14. The number of halogens is 1. The van der Waals surface area contributed by atoms with Crippen LogP contribution in [0.3, 0.4) is 0 Å². The van der Waals surface area contributed by atoms with Crippen molar-refractivity contribution < 1.29 is 58.4 Å². The van der Waals surface area contributed by atoms with E-state index in [4.69, 9.17) is 0 Å². The third kappa shape index (κ3) is 2.17. The summed E-state index contributed by atoms with van der Waals surface area (Å²) in [4.78, 5) is 11.9. The van der Waals surface area contributed by atoms with Crippen molar-refractivity contribution in [3.8, 4) is 0 Å². The maximum Gasteiger partial charge on any atom is 0.140 e. The predicted octanol–water partition coefficient (Wildman–Crippen LogP) is 4.22. The Balaban J connectivity index is 0.00000157. The van der Waals surface area contributed by atoms with Gasteiger partial charge in [0.2, 0.25) is 0 Å². The molecule has 0 aromatic rings. The van der Waals surface area contributed by atoms with Gasteiger partial charge in [-0.3, -0.25) is 4.79 Å². The van der Waals surface area contributed by atoms with Crippen LogP contribution in [0.1, 0.15) is 65.2 Å². The summed E-state index contributed by atoms with van der Waals surface area (Å²) in [6.07, 6.45) is 7.10. The number of hydrogen-bond acceptors (Lipinski definition) is 2. The summed E-state index contributed by atoms with van der Waals surface area (Å²) in [6.45, 7) is 4.18. The van der Waals surface area contributed by atoms with Crippen molar-refractivity contribution >= 4 is 5.78 Å². The van der Waals surface area contributed by atoms with Gasteiger partial charge < -0.3 is 5.11 Å². The molecule has 5 aliphatic carbocycles. The molecule has 0 aromatic heterocycles. The SMILES string of the molecule is C[C@@H]1CC2=C(CCC(=O)C2)[C@H]2CC[C@]3(C)[C@](F)(CO)C[C@H]4C[C@]43[C@H]12.[Ac]. The number of aliphatic hydroxyl groups excluding tert-OH is 1. The molecular formula is C21H29AcFO2. The summed E-state index contributed by atoms with van der Waals surface area (Å²) in [5.41, 5.74) is 1.41. The zero-order chi connectivity index (χ0) is 16.9. The first-order valence-corrected chi connectivity index (χ1v) is 9.88. The third-order valence-electron chi connectivity index (χ3n) is 9.14. The van der Waals surface area contributed by atoms with E-state index >= 15 is 4.39 Å². The fourth-order valence-electron chi connectivity index (χ4n) is 8.12. The first kappa shape index (κ1) is 19.1. The van der Waals surface area contributed by atoms with E-state index in [1.165, 1.54) is 12.0 Å².